The van der Waals surface area contributed by atoms with Crippen molar-refractivity contribution in [1.29, 1.82) is 0 Å². The number of rotatable bonds is 6. The van der Waals surface area contributed by atoms with E-state index in [-0.39, 0.29) is 21.5 Å². The lowest BCUT2D eigenvalue weighted by Gasteiger charge is -2.18. The predicted molar refractivity (Wildman–Crippen MR) is 76.7 cm³/mol. The third-order valence-electron chi connectivity index (χ3n) is 2.46. The molecular formula is C12H17ClN2O4S. The fourth-order valence-corrected chi connectivity index (χ4v) is 3.52. The van der Waals surface area contributed by atoms with E-state index in [1.54, 1.807) is 6.92 Å². The molecule has 6 nitrogen and oxygen atoms in total. The molecule has 0 aliphatic heterocycles. The number of aromatic carboxylic acids is 1. The summed E-state index contributed by atoms with van der Waals surface area (Å²) in [4.78, 5) is 12.5. The van der Waals surface area contributed by atoms with Gasteiger partial charge in [0, 0.05) is 12.6 Å². The molecule has 2 N–H and O–H groups in total. The molecule has 8 heteroatoms. The Kier molecular flexibility index (Phi) is 5.52. The minimum absolute atomic E-state index is 0.0143. The van der Waals surface area contributed by atoms with Crippen molar-refractivity contribution in [2.75, 3.05) is 20.6 Å². The summed E-state index contributed by atoms with van der Waals surface area (Å²) in [5.74, 6) is -1.21. The van der Waals surface area contributed by atoms with E-state index in [1.165, 1.54) is 12.1 Å². The average Bonchev–Trinajstić information content (AvgIpc) is 2.26. The first-order chi connectivity index (χ1) is 9.13. The van der Waals surface area contributed by atoms with Crippen LogP contribution in [0.3, 0.4) is 0 Å². The van der Waals surface area contributed by atoms with Crippen molar-refractivity contribution in [3.05, 3.63) is 28.8 Å². The van der Waals surface area contributed by atoms with Gasteiger partial charge in [-0.15, -0.1) is 0 Å². The number of carboxylic acid groups (broad SMARTS) is 1. The van der Waals surface area contributed by atoms with Crippen molar-refractivity contribution in [3.63, 3.8) is 0 Å². The number of nitrogens with one attached hydrogen (secondary N) is 1. The van der Waals surface area contributed by atoms with Crippen molar-refractivity contribution in [2.45, 2.75) is 17.9 Å². The zero-order chi connectivity index (χ0) is 15.5. The number of carboxylic acids is 1. The van der Waals surface area contributed by atoms with E-state index in [0.29, 0.717) is 6.54 Å². The van der Waals surface area contributed by atoms with E-state index >= 15 is 0 Å². The van der Waals surface area contributed by atoms with Crippen LogP contribution in [0.4, 0.5) is 0 Å². The summed E-state index contributed by atoms with van der Waals surface area (Å²) in [6.07, 6.45) is 0. The molecule has 0 heterocycles. The number of sulfonamides is 1. The largest absolute Gasteiger partial charge is 0.478 e. The topological polar surface area (TPSA) is 86.7 Å². The van der Waals surface area contributed by atoms with Crippen LogP contribution >= 0.6 is 11.6 Å². The number of halogens is 1. The zero-order valence-corrected chi connectivity index (χ0v) is 13.0. The molecule has 112 valence electrons. The first-order valence-electron chi connectivity index (χ1n) is 5.83. The number of benzene rings is 1. The molecule has 1 rings (SSSR count). The lowest BCUT2D eigenvalue weighted by atomic mass is 10.2. The normalized spacial score (nSPS) is 13.4. The second-order valence-electron chi connectivity index (χ2n) is 4.73. The Morgan fingerprint density at radius 3 is 2.55 bits per heavy atom. The van der Waals surface area contributed by atoms with Gasteiger partial charge in [-0.2, -0.15) is 0 Å². The molecule has 0 spiro atoms. The Bertz CT molecular complexity index is 601. The first-order valence-corrected chi connectivity index (χ1v) is 7.69. The molecule has 20 heavy (non-hydrogen) atoms. The monoisotopic (exact) mass is 320 g/mol. The zero-order valence-electron chi connectivity index (χ0n) is 11.4. The Morgan fingerprint density at radius 2 is 2.05 bits per heavy atom. The highest BCUT2D eigenvalue weighted by molar-refractivity contribution is 7.89. The van der Waals surface area contributed by atoms with E-state index in [4.69, 9.17) is 16.7 Å². The third-order valence-corrected chi connectivity index (χ3v) is 4.53. The van der Waals surface area contributed by atoms with Crippen LogP contribution in [0.5, 0.6) is 0 Å². The Balaban J connectivity index is 3.09. The quantitative estimate of drug-likeness (QED) is 0.824. The van der Waals surface area contributed by atoms with Crippen LogP contribution in [-0.2, 0) is 10.0 Å². The molecule has 0 aliphatic carbocycles. The standard InChI is InChI=1S/C12H17ClN2O4S/c1-8(7-15(2)3)14-20(18,19)11-6-9(12(16)17)4-5-10(11)13/h4-6,8,14H,7H2,1-3H3,(H,16,17). The van der Waals surface area contributed by atoms with Gasteiger partial charge >= 0.3 is 5.97 Å². The fraction of sp³-hybridized carbons (Fsp3) is 0.417. The first kappa shape index (κ1) is 16.9. The summed E-state index contributed by atoms with van der Waals surface area (Å²) >= 11 is 5.85. The van der Waals surface area contributed by atoms with Gasteiger partial charge in [-0.05, 0) is 39.2 Å². The number of carbonyl (C=O) groups is 1. The molecule has 0 amide bonds. The van der Waals surface area contributed by atoms with Crippen LogP contribution in [0.25, 0.3) is 0 Å². The van der Waals surface area contributed by atoms with Crippen molar-refractivity contribution < 1.29 is 18.3 Å². The molecule has 0 radical (unpaired) electrons. The maximum absolute atomic E-state index is 12.2. The average molecular weight is 321 g/mol. The SMILES string of the molecule is CC(CN(C)C)NS(=O)(=O)c1cc(C(=O)O)ccc1Cl. The molecule has 1 aromatic carbocycles. The van der Waals surface area contributed by atoms with Crippen LogP contribution in [0.1, 0.15) is 17.3 Å². The molecule has 0 bridgehead atoms. The minimum Gasteiger partial charge on any atom is -0.478 e. The lowest BCUT2D eigenvalue weighted by Crippen LogP contribution is -2.39. The summed E-state index contributed by atoms with van der Waals surface area (Å²) < 4.78 is 26.9. The van der Waals surface area contributed by atoms with Gasteiger partial charge in [-0.25, -0.2) is 17.9 Å². The molecular weight excluding hydrogens is 304 g/mol. The van der Waals surface area contributed by atoms with Crippen molar-refractivity contribution in [1.82, 2.24) is 9.62 Å². The van der Waals surface area contributed by atoms with Crippen LogP contribution < -0.4 is 4.72 Å². The van der Waals surface area contributed by atoms with E-state index in [0.717, 1.165) is 6.07 Å². The van der Waals surface area contributed by atoms with Gasteiger partial charge in [0.05, 0.1) is 10.6 Å². The maximum atomic E-state index is 12.2. The molecule has 0 fully saturated rings. The number of hydrogen-bond acceptors (Lipinski definition) is 4. The highest BCUT2D eigenvalue weighted by Crippen LogP contribution is 2.23. The molecule has 0 aliphatic rings. The highest BCUT2D eigenvalue weighted by atomic mass is 35.5. The van der Waals surface area contributed by atoms with Crippen molar-refractivity contribution in [2.24, 2.45) is 0 Å². The second-order valence-corrected chi connectivity index (χ2v) is 6.82. The summed E-state index contributed by atoms with van der Waals surface area (Å²) in [5.41, 5.74) is -0.130. The number of nitrogens with zero attached hydrogens (tertiary/aromatic N) is 1. The van der Waals surface area contributed by atoms with Crippen molar-refractivity contribution in [3.8, 4) is 0 Å². The molecule has 0 saturated heterocycles. The third kappa shape index (κ3) is 4.45. The van der Waals surface area contributed by atoms with E-state index in [1.807, 2.05) is 19.0 Å². The molecule has 1 aromatic rings. The van der Waals surface area contributed by atoms with E-state index < -0.39 is 16.0 Å². The van der Waals surface area contributed by atoms with Gasteiger partial charge in [0.2, 0.25) is 10.0 Å². The lowest BCUT2D eigenvalue weighted by molar-refractivity contribution is 0.0696. The number of hydrogen-bond donors (Lipinski definition) is 2. The Labute approximate surface area is 123 Å². The summed E-state index contributed by atoms with van der Waals surface area (Å²) in [6.45, 7) is 2.22. The smallest absolute Gasteiger partial charge is 0.335 e. The van der Waals surface area contributed by atoms with E-state index in [2.05, 4.69) is 4.72 Å². The molecule has 1 atom stereocenters. The van der Waals surface area contributed by atoms with Gasteiger partial charge < -0.3 is 10.0 Å². The second kappa shape index (κ2) is 6.53. The van der Waals surface area contributed by atoms with Crippen LogP contribution in [0.15, 0.2) is 23.1 Å². The predicted octanol–water partition coefficient (Wildman–Crippen LogP) is 1.27. The Hall–Kier alpha value is -1.15. The van der Waals surface area contributed by atoms with Gasteiger partial charge in [0.25, 0.3) is 0 Å². The summed E-state index contributed by atoms with van der Waals surface area (Å²) in [6, 6.07) is 3.23. The number of likely N-dealkylation sites (N-methyl/N-ethyl adjacent to an activating group) is 1. The Morgan fingerprint density at radius 1 is 1.45 bits per heavy atom. The van der Waals surface area contributed by atoms with Crippen molar-refractivity contribution >= 4 is 27.6 Å². The van der Waals surface area contributed by atoms with Gasteiger partial charge in [0.1, 0.15) is 4.90 Å². The fourth-order valence-electron chi connectivity index (χ4n) is 1.76. The maximum Gasteiger partial charge on any atom is 0.335 e. The molecule has 0 saturated carbocycles. The summed E-state index contributed by atoms with van der Waals surface area (Å²) in [7, 11) is -0.219. The van der Waals surface area contributed by atoms with Crippen LogP contribution in [0, 0.1) is 0 Å². The summed E-state index contributed by atoms with van der Waals surface area (Å²) in [5, 5.41) is 8.89. The van der Waals surface area contributed by atoms with Gasteiger partial charge in [-0.1, -0.05) is 11.6 Å². The van der Waals surface area contributed by atoms with Crippen LogP contribution in [0.2, 0.25) is 5.02 Å². The van der Waals surface area contributed by atoms with Crippen LogP contribution in [-0.4, -0.2) is 51.1 Å². The minimum atomic E-state index is -3.86. The van der Waals surface area contributed by atoms with Gasteiger partial charge in [0.15, 0.2) is 0 Å². The molecule has 0 aromatic heterocycles. The molecule has 1 unspecified atom stereocenters. The van der Waals surface area contributed by atoms with E-state index in [9.17, 15) is 13.2 Å². The van der Waals surface area contributed by atoms with Gasteiger partial charge in [-0.3, -0.25) is 0 Å². The highest BCUT2D eigenvalue weighted by Gasteiger charge is 2.22.